The largest absolute Gasteiger partial charge is 0.492 e. The summed E-state index contributed by atoms with van der Waals surface area (Å²) in [4.78, 5) is 0. The Balaban J connectivity index is 1.89. The van der Waals surface area contributed by atoms with Gasteiger partial charge < -0.3 is 4.74 Å². The summed E-state index contributed by atoms with van der Waals surface area (Å²) in [5.74, 6) is 3.03. The molecule has 0 bridgehead atoms. The summed E-state index contributed by atoms with van der Waals surface area (Å²) in [5, 5.41) is 0. The molecule has 76 valence electrons. The molecule has 2 rings (SSSR count). The van der Waals surface area contributed by atoms with E-state index in [9.17, 15) is 0 Å². The van der Waals surface area contributed by atoms with Gasteiger partial charge in [0, 0.05) is 0 Å². The lowest BCUT2D eigenvalue weighted by molar-refractivity contribution is 0.236. The van der Waals surface area contributed by atoms with E-state index in [4.69, 9.17) is 4.74 Å². The topological polar surface area (TPSA) is 9.23 Å². The number of para-hydroxylation sites is 1. The second-order valence-electron chi connectivity index (χ2n) is 4.13. The Bertz CT molecular complexity index is 298. The molecule has 0 amide bonds. The van der Waals surface area contributed by atoms with Crippen LogP contribution < -0.4 is 4.74 Å². The quantitative estimate of drug-likeness (QED) is 0.754. The Kier molecular flexibility index (Phi) is 2.73. The van der Waals surface area contributed by atoms with E-state index in [2.05, 4.69) is 13.8 Å². The van der Waals surface area contributed by atoms with E-state index in [1.54, 1.807) is 0 Å². The van der Waals surface area contributed by atoms with Crippen molar-refractivity contribution < 1.29 is 4.74 Å². The molecule has 2 atom stereocenters. The second kappa shape index (κ2) is 3.85. The van der Waals surface area contributed by atoms with E-state index in [-0.39, 0.29) is 0 Å². The van der Waals surface area contributed by atoms with Gasteiger partial charge in [-0.05, 0) is 30.7 Å². The van der Waals surface area contributed by atoms with E-state index < -0.39 is 0 Å². The number of hydrogen-bond donors (Lipinski definition) is 0. The summed E-state index contributed by atoms with van der Waals surface area (Å²) in [6.45, 7) is 5.41. The SMILES string of the molecule is CC1CSC1(C)COc1ccccc1. The predicted molar refractivity (Wildman–Crippen MR) is 62.0 cm³/mol. The van der Waals surface area contributed by atoms with Crippen molar-refractivity contribution in [3.63, 3.8) is 0 Å². The molecule has 1 nitrogen and oxygen atoms in total. The standard InChI is InChI=1S/C12H16OS/c1-10-8-14-12(10,2)9-13-11-6-4-3-5-7-11/h3-7,10H,8-9H2,1-2H3. The van der Waals surface area contributed by atoms with E-state index >= 15 is 0 Å². The van der Waals surface area contributed by atoms with Crippen LogP contribution in [0.1, 0.15) is 13.8 Å². The minimum Gasteiger partial charge on any atom is -0.492 e. The molecule has 1 aromatic rings. The summed E-state index contributed by atoms with van der Waals surface area (Å²) in [6, 6.07) is 10.0. The highest BCUT2D eigenvalue weighted by Gasteiger charge is 2.41. The predicted octanol–water partition coefficient (Wildman–Crippen LogP) is 3.21. The van der Waals surface area contributed by atoms with E-state index in [0.29, 0.717) is 4.75 Å². The lowest BCUT2D eigenvalue weighted by Crippen LogP contribution is -2.45. The molecule has 0 radical (unpaired) electrons. The van der Waals surface area contributed by atoms with Crippen molar-refractivity contribution in [3.8, 4) is 5.75 Å². The first-order chi connectivity index (χ1) is 6.71. The zero-order chi connectivity index (χ0) is 10.0. The molecule has 1 aliphatic heterocycles. The zero-order valence-corrected chi connectivity index (χ0v) is 9.51. The first kappa shape index (κ1) is 9.91. The van der Waals surface area contributed by atoms with Crippen LogP contribution in [0.15, 0.2) is 30.3 Å². The summed E-state index contributed by atoms with van der Waals surface area (Å²) >= 11 is 2.01. The summed E-state index contributed by atoms with van der Waals surface area (Å²) in [6.07, 6.45) is 0. The highest BCUT2D eigenvalue weighted by Crippen LogP contribution is 2.45. The fourth-order valence-electron chi connectivity index (χ4n) is 1.46. The summed E-state index contributed by atoms with van der Waals surface area (Å²) < 4.78 is 6.09. The van der Waals surface area contributed by atoms with Crippen molar-refractivity contribution in [1.82, 2.24) is 0 Å². The number of hydrogen-bond acceptors (Lipinski definition) is 2. The molecule has 0 aromatic heterocycles. The lowest BCUT2D eigenvalue weighted by Gasteiger charge is -2.44. The van der Waals surface area contributed by atoms with Crippen LogP contribution in [0.25, 0.3) is 0 Å². The Morgan fingerprint density at radius 3 is 2.64 bits per heavy atom. The monoisotopic (exact) mass is 208 g/mol. The van der Waals surface area contributed by atoms with Gasteiger partial charge in [-0.2, -0.15) is 11.8 Å². The molecule has 14 heavy (non-hydrogen) atoms. The van der Waals surface area contributed by atoms with Gasteiger partial charge in [-0.3, -0.25) is 0 Å². The van der Waals surface area contributed by atoms with Gasteiger partial charge in [0.15, 0.2) is 0 Å². The Morgan fingerprint density at radius 2 is 2.14 bits per heavy atom. The van der Waals surface area contributed by atoms with E-state index in [1.165, 1.54) is 5.75 Å². The third kappa shape index (κ3) is 1.90. The van der Waals surface area contributed by atoms with Crippen LogP contribution in [0.2, 0.25) is 0 Å². The molecule has 0 saturated carbocycles. The van der Waals surface area contributed by atoms with Gasteiger partial charge >= 0.3 is 0 Å². The third-order valence-electron chi connectivity index (χ3n) is 2.97. The molecule has 2 heteroatoms. The van der Waals surface area contributed by atoms with Crippen molar-refractivity contribution in [3.05, 3.63) is 30.3 Å². The normalized spacial score (nSPS) is 30.9. The number of thioether (sulfide) groups is 1. The van der Waals surface area contributed by atoms with Gasteiger partial charge in [-0.25, -0.2) is 0 Å². The summed E-state index contributed by atoms with van der Waals surface area (Å²) in [7, 11) is 0. The first-order valence-electron chi connectivity index (χ1n) is 5.02. The summed E-state index contributed by atoms with van der Waals surface area (Å²) in [5.41, 5.74) is 0. The number of rotatable bonds is 3. The average molecular weight is 208 g/mol. The average Bonchev–Trinajstić information content (AvgIpc) is 2.25. The Morgan fingerprint density at radius 1 is 1.43 bits per heavy atom. The minimum absolute atomic E-state index is 0.329. The van der Waals surface area contributed by atoms with Gasteiger partial charge in [-0.15, -0.1) is 0 Å². The maximum Gasteiger partial charge on any atom is 0.119 e. The maximum absolute atomic E-state index is 5.76. The molecule has 1 fully saturated rings. The third-order valence-corrected chi connectivity index (χ3v) is 4.82. The van der Waals surface area contributed by atoms with Crippen LogP contribution in [0, 0.1) is 5.92 Å². The fraction of sp³-hybridized carbons (Fsp3) is 0.500. The molecule has 1 aliphatic rings. The first-order valence-corrected chi connectivity index (χ1v) is 6.01. The van der Waals surface area contributed by atoms with Gasteiger partial charge in [-0.1, -0.05) is 25.1 Å². The molecular formula is C12H16OS. The van der Waals surface area contributed by atoms with Crippen LogP contribution in [0.3, 0.4) is 0 Å². The van der Waals surface area contributed by atoms with Crippen LogP contribution in [0.4, 0.5) is 0 Å². The Hall–Kier alpha value is -0.630. The number of ether oxygens (including phenoxy) is 1. The lowest BCUT2D eigenvalue weighted by atomic mass is 9.96. The van der Waals surface area contributed by atoms with Gasteiger partial charge in [0.1, 0.15) is 12.4 Å². The molecule has 1 heterocycles. The fourth-order valence-corrected chi connectivity index (χ4v) is 2.67. The highest BCUT2D eigenvalue weighted by molar-refractivity contribution is 8.02. The molecule has 0 spiro atoms. The van der Waals surface area contributed by atoms with Crippen molar-refractivity contribution >= 4 is 11.8 Å². The van der Waals surface area contributed by atoms with Crippen LogP contribution in [-0.2, 0) is 0 Å². The van der Waals surface area contributed by atoms with Gasteiger partial charge in [0.25, 0.3) is 0 Å². The maximum atomic E-state index is 5.76. The molecule has 0 N–H and O–H groups in total. The zero-order valence-electron chi connectivity index (χ0n) is 8.69. The van der Waals surface area contributed by atoms with Crippen molar-refractivity contribution in [2.75, 3.05) is 12.4 Å². The Labute approximate surface area is 89.9 Å². The van der Waals surface area contributed by atoms with E-state index in [1.807, 2.05) is 42.1 Å². The van der Waals surface area contributed by atoms with Gasteiger partial charge in [0.05, 0.1) is 4.75 Å². The van der Waals surface area contributed by atoms with Crippen molar-refractivity contribution in [2.45, 2.75) is 18.6 Å². The van der Waals surface area contributed by atoms with Crippen LogP contribution in [0.5, 0.6) is 5.75 Å². The molecular weight excluding hydrogens is 192 g/mol. The molecule has 0 aliphatic carbocycles. The highest BCUT2D eigenvalue weighted by atomic mass is 32.2. The van der Waals surface area contributed by atoms with Crippen molar-refractivity contribution in [1.29, 1.82) is 0 Å². The second-order valence-corrected chi connectivity index (χ2v) is 5.68. The molecule has 1 aromatic carbocycles. The molecule has 1 saturated heterocycles. The van der Waals surface area contributed by atoms with Crippen LogP contribution in [-0.4, -0.2) is 17.1 Å². The van der Waals surface area contributed by atoms with Crippen LogP contribution >= 0.6 is 11.8 Å². The minimum atomic E-state index is 0.329. The van der Waals surface area contributed by atoms with Gasteiger partial charge in [0.2, 0.25) is 0 Å². The smallest absolute Gasteiger partial charge is 0.119 e. The number of benzene rings is 1. The van der Waals surface area contributed by atoms with E-state index in [0.717, 1.165) is 18.3 Å². The molecule has 2 unspecified atom stereocenters. The van der Waals surface area contributed by atoms with Crippen molar-refractivity contribution in [2.24, 2.45) is 5.92 Å².